The first kappa shape index (κ1) is 14.3. The predicted molar refractivity (Wildman–Crippen MR) is 62.3 cm³/mol. The van der Waals surface area contributed by atoms with Crippen LogP contribution in [0.2, 0.25) is 0 Å². The number of rotatable bonds is 3. The van der Waals surface area contributed by atoms with Gasteiger partial charge in [0.2, 0.25) is 10.0 Å². The van der Waals surface area contributed by atoms with Gasteiger partial charge in [0.15, 0.2) is 17.5 Å². The molecule has 2 rings (SSSR count). The summed E-state index contributed by atoms with van der Waals surface area (Å²) in [6, 6.07) is 0.388. The molecule has 0 spiro atoms. The van der Waals surface area contributed by atoms with E-state index in [2.05, 4.69) is 4.72 Å². The molecule has 8 heteroatoms. The van der Waals surface area contributed by atoms with Gasteiger partial charge in [0, 0.05) is 12.1 Å². The summed E-state index contributed by atoms with van der Waals surface area (Å²) >= 11 is 0. The Hall–Kier alpha value is -1.12. The van der Waals surface area contributed by atoms with Crippen LogP contribution >= 0.6 is 0 Å². The summed E-state index contributed by atoms with van der Waals surface area (Å²) in [5, 5.41) is 0. The quantitative estimate of drug-likeness (QED) is 0.824. The molecule has 2 unspecified atom stereocenters. The molecule has 19 heavy (non-hydrogen) atoms. The van der Waals surface area contributed by atoms with E-state index < -0.39 is 38.4 Å². The summed E-state index contributed by atoms with van der Waals surface area (Å²) in [5.74, 6) is -4.97. The maximum absolute atomic E-state index is 13.5. The molecule has 3 N–H and O–H groups in total. The van der Waals surface area contributed by atoms with Crippen molar-refractivity contribution in [2.75, 3.05) is 0 Å². The van der Waals surface area contributed by atoms with Crippen LogP contribution in [0.4, 0.5) is 13.2 Å². The van der Waals surface area contributed by atoms with Gasteiger partial charge in [-0.25, -0.2) is 26.3 Å². The minimum absolute atomic E-state index is 0.358. The number of benzene rings is 1. The van der Waals surface area contributed by atoms with Crippen molar-refractivity contribution >= 4 is 10.0 Å². The molecule has 0 heterocycles. The van der Waals surface area contributed by atoms with E-state index >= 15 is 0 Å². The minimum Gasteiger partial charge on any atom is -0.326 e. The Balaban J connectivity index is 2.32. The van der Waals surface area contributed by atoms with Gasteiger partial charge in [0.05, 0.1) is 0 Å². The molecule has 0 aliphatic heterocycles. The van der Waals surface area contributed by atoms with E-state index in [1.807, 2.05) is 0 Å². The number of halogens is 3. The zero-order valence-electron chi connectivity index (χ0n) is 9.87. The minimum atomic E-state index is -4.26. The van der Waals surface area contributed by atoms with Crippen LogP contribution in [-0.4, -0.2) is 20.5 Å². The third-order valence-corrected chi connectivity index (χ3v) is 4.67. The molecule has 1 saturated carbocycles. The van der Waals surface area contributed by atoms with Crippen LogP contribution in [0.3, 0.4) is 0 Å². The molecule has 4 nitrogen and oxygen atoms in total. The molecule has 0 bridgehead atoms. The fourth-order valence-corrected chi connectivity index (χ4v) is 3.50. The van der Waals surface area contributed by atoms with Gasteiger partial charge in [-0.05, 0) is 25.0 Å². The standard InChI is InChI=1S/C11H13F3N2O2S/c12-6-4-5-9(11(14)10(6)13)19(17,18)16-8-3-1-2-7(8)15/h4-5,7-8,16H,1-3,15H2. The molecule has 106 valence electrons. The van der Waals surface area contributed by atoms with Crippen molar-refractivity contribution < 1.29 is 21.6 Å². The number of hydrogen-bond donors (Lipinski definition) is 2. The molecule has 1 aromatic rings. The number of sulfonamides is 1. The van der Waals surface area contributed by atoms with Gasteiger partial charge in [-0.1, -0.05) is 6.42 Å². The van der Waals surface area contributed by atoms with Gasteiger partial charge in [0.1, 0.15) is 4.90 Å². The van der Waals surface area contributed by atoms with E-state index in [0.717, 1.165) is 6.42 Å². The fraction of sp³-hybridized carbons (Fsp3) is 0.455. The van der Waals surface area contributed by atoms with E-state index in [0.29, 0.717) is 25.0 Å². The molecule has 1 aliphatic rings. The zero-order chi connectivity index (χ0) is 14.2. The summed E-state index contributed by atoms with van der Waals surface area (Å²) in [4.78, 5) is -0.912. The van der Waals surface area contributed by atoms with Crippen LogP contribution in [0.15, 0.2) is 17.0 Å². The topological polar surface area (TPSA) is 72.2 Å². The van der Waals surface area contributed by atoms with Crippen molar-refractivity contribution in [3.05, 3.63) is 29.6 Å². The highest BCUT2D eigenvalue weighted by atomic mass is 32.2. The average Bonchev–Trinajstić information content (AvgIpc) is 2.71. The highest BCUT2D eigenvalue weighted by Gasteiger charge is 2.31. The van der Waals surface area contributed by atoms with Gasteiger partial charge < -0.3 is 5.73 Å². The molecular formula is C11H13F3N2O2S. The SMILES string of the molecule is NC1CCCC1NS(=O)(=O)c1ccc(F)c(F)c1F. The third-order valence-electron chi connectivity index (χ3n) is 3.17. The van der Waals surface area contributed by atoms with Crippen molar-refractivity contribution in [2.24, 2.45) is 5.73 Å². The molecule has 1 aromatic carbocycles. The number of nitrogens with two attached hydrogens (primary N) is 1. The Labute approximate surface area is 108 Å². The normalized spacial score (nSPS) is 23.8. The van der Waals surface area contributed by atoms with Crippen molar-refractivity contribution in [1.29, 1.82) is 0 Å². The van der Waals surface area contributed by atoms with Gasteiger partial charge in [-0.2, -0.15) is 0 Å². The largest absolute Gasteiger partial charge is 0.326 e. The first-order valence-electron chi connectivity index (χ1n) is 5.74. The van der Waals surface area contributed by atoms with E-state index in [1.54, 1.807) is 0 Å². The van der Waals surface area contributed by atoms with Crippen LogP contribution in [0, 0.1) is 17.5 Å². The lowest BCUT2D eigenvalue weighted by Crippen LogP contribution is -2.44. The second-order valence-corrected chi connectivity index (χ2v) is 6.18. The van der Waals surface area contributed by atoms with Gasteiger partial charge in [-0.3, -0.25) is 0 Å². The maximum atomic E-state index is 13.5. The molecular weight excluding hydrogens is 281 g/mol. The van der Waals surface area contributed by atoms with Crippen molar-refractivity contribution in [3.63, 3.8) is 0 Å². The first-order valence-corrected chi connectivity index (χ1v) is 7.22. The van der Waals surface area contributed by atoms with Crippen LogP contribution < -0.4 is 10.5 Å². The van der Waals surface area contributed by atoms with E-state index in [-0.39, 0.29) is 6.04 Å². The van der Waals surface area contributed by atoms with Gasteiger partial charge in [0.25, 0.3) is 0 Å². The average molecular weight is 294 g/mol. The Kier molecular flexibility index (Phi) is 3.84. The van der Waals surface area contributed by atoms with E-state index in [1.165, 1.54) is 0 Å². The Morgan fingerprint density at radius 1 is 1.16 bits per heavy atom. The summed E-state index contributed by atoms with van der Waals surface area (Å²) in [5.41, 5.74) is 5.70. The summed E-state index contributed by atoms with van der Waals surface area (Å²) in [7, 11) is -4.26. The smallest absolute Gasteiger partial charge is 0.243 e. The molecule has 1 aliphatic carbocycles. The van der Waals surface area contributed by atoms with E-state index in [4.69, 9.17) is 5.73 Å². The summed E-state index contributed by atoms with van der Waals surface area (Å²) < 4.78 is 65.3. The summed E-state index contributed by atoms with van der Waals surface area (Å²) in [6.07, 6.45) is 1.95. The van der Waals surface area contributed by atoms with Crippen molar-refractivity contribution in [2.45, 2.75) is 36.2 Å². The highest BCUT2D eigenvalue weighted by Crippen LogP contribution is 2.23. The van der Waals surface area contributed by atoms with Gasteiger partial charge in [-0.15, -0.1) is 0 Å². The molecule has 1 fully saturated rings. The van der Waals surface area contributed by atoms with Crippen molar-refractivity contribution in [3.8, 4) is 0 Å². The predicted octanol–water partition coefficient (Wildman–Crippen LogP) is 1.26. The lowest BCUT2D eigenvalue weighted by molar-refractivity contribution is 0.430. The second-order valence-electron chi connectivity index (χ2n) is 4.50. The van der Waals surface area contributed by atoms with Crippen LogP contribution in [0.5, 0.6) is 0 Å². The third kappa shape index (κ3) is 2.75. The Morgan fingerprint density at radius 3 is 2.42 bits per heavy atom. The Morgan fingerprint density at radius 2 is 1.84 bits per heavy atom. The second kappa shape index (κ2) is 5.10. The van der Waals surface area contributed by atoms with E-state index in [9.17, 15) is 21.6 Å². The lowest BCUT2D eigenvalue weighted by atomic mass is 10.2. The molecule has 0 aromatic heterocycles. The first-order chi connectivity index (χ1) is 8.83. The van der Waals surface area contributed by atoms with Crippen molar-refractivity contribution in [1.82, 2.24) is 4.72 Å². The molecule has 2 atom stereocenters. The number of hydrogen-bond acceptors (Lipinski definition) is 3. The molecule has 0 radical (unpaired) electrons. The van der Waals surface area contributed by atoms with Crippen LogP contribution in [-0.2, 0) is 10.0 Å². The van der Waals surface area contributed by atoms with Gasteiger partial charge >= 0.3 is 0 Å². The van der Waals surface area contributed by atoms with Crippen LogP contribution in [0.25, 0.3) is 0 Å². The molecule has 0 saturated heterocycles. The molecule has 0 amide bonds. The summed E-state index contributed by atoms with van der Waals surface area (Å²) in [6.45, 7) is 0. The fourth-order valence-electron chi connectivity index (χ4n) is 2.11. The lowest BCUT2D eigenvalue weighted by Gasteiger charge is -2.17. The highest BCUT2D eigenvalue weighted by molar-refractivity contribution is 7.89. The zero-order valence-corrected chi connectivity index (χ0v) is 10.7. The monoisotopic (exact) mass is 294 g/mol. The maximum Gasteiger partial charge on any atom is 0.243 e. The number of nitrogens with one attached hydrogen (secondary N) is 1. The Bertz CT molecular complexity index is 592. The van der Waals surface area contributed by atoms with Crippen LogP contribution in [0.1, 0.15) is 19.3 Å².